The number of hydrogen-bond acceptors (Lipinski definition) is 8. The van der Waals surface area contributed by atoms with Crippen LogP contribution in [-0.2, 0) is 23.8 Å². The third-order valence-corrected chi connectivity index (χ3v) is 10.3. The maximum Gasteiger partial charge on any atom is 0.346 e. The number of alkyl halides is 1. The van der Waals surface area contributed by atoms with Crippen molar-refractivity contribution in [2.24, 2.45) is 16.8 Å². The Labute approximate surface area is 284 Å². The normalized spacial score (nSPS) is 22.7. The lowest BCUT2D eigenvalue weighted by Gasteiger charge is -2.36. The molecule has 1 fully saturated rings. The van der Waals surface area contributed by atoms with E-state index >= 15 is 0 Å². The summed E-state index contributed by atoms with van der Waals surface area (Å²) in [5.41, 5.74) is 3.88. The second-order valence-electron chi connectivity index (χ2n) is 11.3. The molecule has 238 valence electrons. The number of esters is 2. The van der Waals surface area contributed by atoms with Gasteiger partial charge in [0.1, 0.15) is 11.9 Å². The van der Waals surface area contributed by atoms with Crippen LogP contribution in [0.1, 0.15) is 68.3 Å². The van der Waals surface area contributed by atoms with E-state index in [9.17, 15) is 9.59 Å². The van der Waals surface area contributed by atoms with Crippen LogP contribution in [0.4, 0.5) is 0 Å². The Hall–Kier alpha value is -2.86. The number of hydrogen-bond donors (Lipinski definition) is 0. The fourth-order valence-corrected chi connectivity index (χ4v) is 7.27. The molecule has 1 aliphatic carbocycles. The molecule has 0 bridgehead atoms. The largest absolute Gasteiger partial charge is 0.454 e. The number of halogens is 3. The highest BCUT2D eigenvalue weighted by Gasteiger charge is 2.33. The fraction of sp³-hybridized carbons (Fsp3) is 0.424. The van der Waals surface area contributed by atoms with Gasteiger partial charge in [-0.15, -0.1) is 0 Å². The van der Waals surface area contributed by atoms with Gasteiger partial charge in [-0.2, -0.15) is 0 Å². The van der Waals surface area contributed by atoms with Crippen molar-refractivity contribution in [2.75, 3.05) is 13.4 Å². The maximum absolute atomic E-state index is 12.8. The average Bonchev–Trinajstić information content (AvgIpc) is 3.34. The summed E-state index contributed by atoms with van der Waals surface area (Å²) in [7, 11) is 0. The van der Waals surface area contributed by atoms with Gasteiger partial charge in [0, 0.05) is 39.4 Å². The number of rotatable bonds is 10. The first-order valence-electron chi connectivity index (χ1n) is 14.9. The van der Waals surface area contributed by atoms with Gasteiger partial charge in [-0.05, 0) is 85.1 Å². The maximum atomic E-state index is 12.8. The number of imidazole rings is 1. The summed E-state index contributed by atoms with van der Waals surface area (Å²) < 4.78 is 19.0. The first-order chi connectivity index (χ1) is 21.7. The Morgan fingerprint density at radius 2 is 1.98 bits per heavy atom. The van der Waals surface area contributed by atoms with E-state index in [2.05, 4.69) is 60.9 Å². The lowest BCUT2D eigenvalue weighted by Crippen LogP contribution is -2.37. The van der Waals surface area contributed by atoms with Crippen molar-refractivity contribution < 1.29 is 23.8 Å². The van der Waals surface area contributed by atoms with Crippen LogP contribution in [0.25, 0.3) is 5.69 Å². The summed E-state index contributed by atoms with van der Waals surface area (Å²) in [6.07, 6.45) is 9.79. The molecular formula is C33H35Br2ClN4O5. The number of fused-ring (bicyclic) bond motifs is 3. The average molecular weight is 763 g/mol. The second-order valence-corrected chi connectivity index (χ2v) is 13.7. The molecule has 3 heterocycles. The molecule has 0 radical (unpaired) electrons. The third kappa shape index (κ3) is 7.93. The molecule has 5 atom stereocenters. The Morgan fingerprint density at radius 3 is 2.73 bits per heavy atom. The predicted molar refractivity (Wildman–Crippen MR) is 179 cm³/mol. The number of pyridine rings is 1. The number of aryl methyl sites for hydroxylation is 1. The quantitative estimate of drug-likeness (QED) is 0.0914. The zero-order valence-electron chi connectivity index (χ0n) is 25.3. The van der Waals surface area contributed by atoms with Gasteiger partial charge in [-0.3, -0.25) is 19.3 Å². The van der Waals surface area contributed by atoms with Crippen molar-refractivity contribution in [3.05, 3.63) is 87.1 Å². The molecule has 5 rings (SSSR count). The number of allylic oxidation sites excluding steroid dienone is 2. The van der Waals surface area contributed by atoms with Crippen molar-refractivity contribution in [1.29, 1.82) is 0 Å². The number of nitrogens with zero attached hydrogens (tertiary/aromatic N) is 4. The topological polar surface area (TPSA) is 105 Å². The molecule has 2 aromatic heterocycles. The van der Waals surface area contributed by atoms with Crippen LogP contribution in [0.2, 0.25) is 5.02 Å². The van der Waals surface area contributed by atoms with E-state index in [1.54, 1.807) is 12.4 Å². The number of carbonyl (C=O) groups is 2. The molecule has 0 spiro atoms. The van der Waals surface area contributed by atoms with Crippen LogP contribution in [-0.4, -0.2) is 56.5 Å². The van der Waals surface area contributed by atoms with Crippen LogP contribution >= 0.6 is 43.5 Å². The molecule has 0 amide bonds. The number of ether oxygens (including phenoxy) is 3. The molecule has 9 nitrogen and oxygen atoms in total. The van der Waals surface area contributed by atoms with Crippen LogP contribution in [0.15, 0.2) is 64.3 Å². The van der Waals surface area contributed by atoms with E-state index in [4.69, 9.17) is 30.8 Å². The lowest BCUT2D eigenvalue weighted by atomic mass is 9.79. The minimum Gasteiger partial charge on any atom is -0.454 e. The SMILES string of the molecule is C/C=C/C1CC(OCOC(=O)COC(=O)CC[C@@H]2N=C(c3ccccn3)c3cc(Br)c(Cl)cc3-n3c(C)cnc32)C(Br)CC1C. The molecule has 1 aromatic carbocycles. The highest BCUT2D eigenvalue weighted by atomic mass is 79.9. The zero-order chi connectivity index (χ0) is 32.1. The molecule has 2 aliphatic rings. The molecule has 12 heteroatoms. The summed E-state index contributed by atoms with van der Waals surface area (Å²) in [4.78, 5) is 39.6. The Bertz CT molecular complexity index is 1600. The lowest BCUT2D eigenvalue weighted by molar-refractivity contribution is -0.172. The second kappa shape index (κ2) is 15.2. The summed E-state index contributed by atoms with van der Waals surface area (Å²) in [5, 5.41) is 0.547. The minimum atomic E-state index is -0.669. The smallest absolute Gasteiger partial charge is 0.346 e. The monoisotopic (exact) mass is 760 g/mol. The van der Waals surface area contributed by atoms with E-state index < -0.39 is 24.6 Å². The zero-order valence-corrected chi connectivity index (χ0v) is 29.2. The van der Waals surface area contributed by atoms with Gasteiger partial charge in [-0.25, -0.2) is 9.78 Å². The first-order valence-corrected chi connectivity index (χ1v) is 17.0. The summed E-state index contributed by atoms with van der Waals surface area (Å²) in [6, 6.07) is 8.93. The van der Waals surface area contributed by atoms with Crippen LogP contribution in [0.3, 0.4) is 0 Å². The van der Waals surface area contributed by atoms with Crippen LogP contribution in [0, 0.1) is 18.8 Å². The van der Waals surface area contributed by atoms with Gasteiger partial charge < -0.3 is 14.2 Å². The molecular weight excluding hydrogens is 728 g/mol. The van der Waals surface area contributed by atoms with E-state index in [1.165, 1.54) is 0 Å². The van der Waals surface area contributed by atoms with Gasteiger partial charge in [0.2, 0.25) is 0 Å². The predicted octanol–water partition coefficient (Wildman–Crippen LogP) is 7.48. The van der Waals surface area contributed by atoms with Gasteiger partial charge in [-0.1, -0.05) is 52.7 Å². The highest BCUT2D eigenvalue weighted by Crippen LogP contribution is 2.38. The molecule has 4 unspecified atom stereocenters. The Morgan fingerprint density at radius 1 is 1.16 bits per heavy atom. The van der Waals surface area contributed by atoms with Crippen molar-refractivity contribution >= 4 is 61.1 Å². The molecule has 1 aliphatic heterocycles. The van der Waals surface area contributed by atoms with E-state index in [-0.39, 0.29) is 24.1 Å². The third-order valence-electron chi connectivity index (χ3n) is 8.14. The molecule has 0 N–H and O–H groups in total. The molecule has 3 aromatic rings. The van der Waals surface area contributed by atoms with Gasteiger partial charge in [0.05, 0.1) is 28.2 Å². The van der Waals surface area contributed by atoms with E-state index in [0.717, 1.165) is 34.3 Å². The molecule has 1 saturated carbocycles. The number of aliphatic imine (C=N–C) groups is 1. The van der Waals surface area contributed by atoms with Crippen molar-refractivity contribution in [3.8, 4) is 5.69 Å². The van der Waals surface area contributed by atoms with Gasteiger partial charge >= 0.3 is 11.9 Å². The van der Waals surface area contributed by atoms with Gasteiger partial charge in [0.25, 0.3) is 0 Å². The van der Waals surface area contributed by atoms with E-state index in [0.29, 0.717) is 40.5 Å². The van der Waals surface area contributed by atoms with Crippen LogP contribution < -0.4 is 0 Å². The summed E-state index contributed by atoms with van der Waals surface area (Å²) in [6.45, 7) is 5.50. The molecule has 0 saturated heterocycles. The van der Waals surface area contributed by atoms with E-state index in [1.807, 2.05) is 48.7 Å². The van der Waals surface area contributed by atoms with Crippen molar-refractivity contribution in [3.63, 3.8) is 0 Å². The Kier molecular flexibility index (Phi) is 11.3. The summed E-state index contributed by atoms with van der Waals surface area (Å²) >= 11 is 13.8. The Balaban J connectivity index is 1.21. The minimum absolute atomic E-state index is 0.0119. The number of benzene rings is 1. The van der Waals surface area contributed by atoms with Crippen LogP contribution in [0.5, 0.6) is 0 Å². The summed E-state index contributed by atoms with van der Waals surface area (Å²) in [5.74, 6) is 0.414. The number of aromatic nitrogens is 3. The first kappa shape index (κ1) is 33.5. The standard InChI is InChI=1S/C33H35Br2ClN4O5/c1-4-7-21-13-29(24(35)12-19(21)2)44-18-45-31(42)17-43-30(41)10-9-27-33-38-16-20(3)40(33)28-15-25(36)23(34)14-22(28)32(39-27)26-8-5-6-11-37-26/h4-8,11,14-16,19,21,24,27,29H,9-10,12-13,17-18H2,1-3H3/b7-4+/t19?,21?,24?,27-,29?/m0/s1. The van der Waals surface area contributed by atoms with Gasteiger partial charge in [0.15, 0.2) is 13.4 Å². The van der Waals surface area contributed by atoms with Crippen molar-refractivity contribution in [2.45, 2.75) is 63.4 Å². The van der Waals surface area contributed by atoms with Crippen molar-refractivity contribution in [1.82, 2.24) is 14.5 Å². The molecule has 45 heavy (non-hydrogen) atoms. The fourth-order valence-electron chi connectivity index (χ4n) is 5.81. The highest BCUT2D eigenvalue weighted by molar-refractivity contribution is 9.10. The number of carbonyl (C=O) groups excluding carboxylic acids is 2.